The zero-order valence-electron chi connectivity index (χ0n) is 13.5. The Hall–Kier alpha value is -0.610. The van der Waals surface area contributed by atoms with Crippen LogP contribution in [0.2, 0.25) is 0 Å². The third-order valence-electron chi connectivity index (χ3n) is 5.64. The van der Waals surface area contributed by atoms with E-state index in [4.69, 9.17) is 5.11 Å². The highest BCUT2D eigenvalue weighted by molar-refractivity contribution is 5.92. The van der Waals surface area contributed by atoms with Gasteiger partial charge in [0.25, 0.3) is 0 Å². The van der Waals surface area contributed by atoms with Crippen molar-refractivity contribution in [2.75, 3.05) is 32.8 Å². The first kappa shape index (κ1) is 17.2. The molecule has 0 radical (unpaired) electrons. The van der Waals surface area contributed by atoms with Crippen LogP contribution in [0.1, 0.15) is 13.8 Å². The van der Waals surface area contributed by atoms with Gasteiger partial charge in [0, 0.05) is 26.2 Å². The minimum atomic E-state index is -1.64. The highest BCUT2D eigenvalue weighted by Gasteiger charge is 2.63. The zero-order valence-corrected chi connectivity index (χ0v) is 13.5. The van der Waals surface area contributed by atoms with Crippen molar-refractivity contribution < 1.29 is 30.3 Å². The highest BCUT2D eigenvalue weighted by atomic mass is 16.4. The van der Waals surface area contributed by atoms with Crippen molar-refractivity contribution in [2.45, 2.75) is 44.4 Å². The summed E-state index contributed by atoms with van der Waals surface area (Å²) in [6, 6.07) is 0. The van der Waals surface area contributed by atoms with Crippen molar-refractivity contribution in [1.29, 1.82) is 0 Å². The van der Waals surface area contributed by atoms with Gasteiger partial charge in [0.05, 0.1) is 23.6 Å². The van der Waals surface area contributed by atoms with E-state index in [1.807, 2.05) is 23.6 Å². The number of piperidine rings is 2. The molecule has 0 saturated carbocycles. The number of ketones is 1. The Kier molecular flexibility index (Phi) is 4.08. The fourth-order valence-corrected chi connectivity index (χ4v) is 4.77. The third-order valence-corrected chi connectivity index (χ3v) is 5.64. The average molecular weight is 330 g/mol. The van der Waals surface area contributed by atoms with Crippen molar-refractivity contribution in [3.05, 3.63) is 0 Å². The molecule has 0 aromatic carbocycles. The Morgan fingerprint density at radius 1 is 1.00 bits per heavy atom. The number of nitrogens with zero attached hydrogens (tertiary/aromatic N) is 2. The van der Waals surface area contributed by atoms with Crippen LogP contribution in [-0.2, 0) is 4.79 Å². The predicted octanol–water partition coefficient (Wildman–Crippen LogP) is -3.03. The Morgan fingerprint density at radius 2 is 1.43 bits per heavy atom. The van der Waals surface area contributed by atoms with Crippen LogP contribution in [0.4, 0.5) is 0 Å². The number of Topliss-reactive ketones (excluding diaryl/α,β-unsaturated/α-hetero) is 1. The van der Waals surface area contributed by atoms with Crippen molar-refractivity contribution >= 4 is 5.78 Å². The van der Waals surface area contributed by atoms with Gasteiger partial charge in [-0.2, -0.15) is 0 Å². The van der Waals surface area contributed by atoms with Crippen LogP contribution in [0.3, 0.4) is 0 Å². The normalized spacial score (nSPS) is 47.4. The van der Waals surface area contributed by atoms with Crippen molar-refractivity contribution in [2.24, 2.45) is 10.8 Å². The van der Waals surface area contributed by atoms with Crippen LogP contribution in [0.15, 0.2) is 0 Å². The van der Waals surface area contributed by atoms with Gasteiger partial charge >= 0.3 is 0 Å². The van der Waals surface area contributed by atoms with Crippen molar-refractivity contribution in [1.82, 2.24) is 9.80 Å². The fraction of sp³-hybridized carbons (Fsp3) is 0.933. The Bertz CT molecular complexity index is 460. The first-order valence-corrected chi connectivity index (χ1v) is 7.99. The maximum Gasteiger partial charge on any atom is 0.149 e. The molecule has 0 aromatic rings. The number of rotatable bonds is 5. The van der Waals surface area contributed by atoms with Crippen LogP contribution in [0.5, 0.6) is 0 Å². The summed E-state index contributed by atoms with van der Waals surface area (Å²) in [5, 5.41) is 48.9. The van der Waals surface area contributed by atoms with Crippen LogP contribution in [0.25, 0.3) is 0 Å². The van der Waals surface area contributed by atoms with Gasteiger partial charge in [0.2, 0.25) is 0 Å². The summed E-state index contributed by atoms with van der Waals surface area (Å²) in [5.41, 5.74) is -0.953. The van der Waals surface area contributed by atoms with E-state index in [1.165, 1.54) is 0 Å². The molecule has 4 saturated heterocycles. The number of hydrogen-bond donors (Lipinski definition) is 5. The van der Waals surface area contributed by atoms with Crippen LogP contribution >= 0.6 is 0 Å². The molecule has 8 nitrogen and oxygen atoms in total. The zero-order chi connectivity index (χ0) is 17.2. The van der Waals surface area contributed by atoms with E-state index in [1.54, 1.807) is 0 Å². The maximum absolute atomic E-state index is 12.6. The van der Waals surface area contributed by atoms with Crippen molar-refractivity contribution in [3.63, 3.8) is 0 Å². The van der Waals surface area contributed by atoms with Crippen molar-refractivity contribution in [3.8, 4) is 0 Å². The summed E-state index contributed by atoms with van der Waals surface area (Å²) in [5.74, 6) is 0.252. The molecule has 4 fully saturated rings. The second-order valence-corrected chi connectivity index (χ2v) is 7.90. The number of carbonyl (C=O) groups is 1. The van der Waals surface area contributed by atoms with E-state index in [0.29, 0.717) is 26.2 Å². The molecule has 4 aliphatic heterocycles. The summed E-state index contributed by atoms with van der Waals surface area (Å²) in [6.07, 6.45) is -6.57. The quantitative estimate of drug-likeness (QED) is 0.361. The molecule has 0 aromatic heterocycles. The van der Waals surface area contributed by atoms with Crippen LogP contribution < -0.4 is 0 Å². The highest BCUT2D eigenvalue weighted by Crippen LogP contribution is 2.48. The van der Waals surface area contributed by atoms with Gasteiger partial charge in [-0.1, -0.05) is 13.8 Å². The molecule has 4 atom stereocenters. The summed E-state index contributed by atoms with van der Waals surface area (Å²) in [6.45, 7) is 5.17. The molecule has 23 heavy (non-hydrogen) atoms. The van der Waals surface area contributed by atoms with Gasteiger partial charge in [-0.05, 0) is 0 Å². The standard InChI is InChI=1S/C15H26N2O6/c1-14-4-16-6-15(2,13(14)23)7-17(5-14)12(16)11(22)10(21)9(20)8(19)3-18/h8-12,18-22H,3-7H2,1-2H3/t8-,9-,10-,11-,12?,14?,15?/m0/s1. The third kappa shape index (κ3) is 2.44. The molecule has 4 rings (SSSR count). The monoisotopic (exact) mass is 330 g/mol. The molecule has 5 N–H and O–H groups in total. The smallest absolute Gasteiger partial charge is 0.149 e. The second kappa shape index (κ2) is 5.45. The first-order chi connectivity index (χ1) is 10.6. The van der Waals surface area contributed by atoms with E-state index in [9.17, 15) is 25.2 Å². The van der Waals surface area contributed by atoms with E-state index < -0.39 is 48.0 Å². The molecule has 8 heteroatoms. The largest absolute Gasteiger partial charge is 0.394 e. The van der Waals surface area contributed by atoms with Gasteiger partial charge in [0.1, 0.15) is 30.2 Å². The first-order valence-electron chi connectivity index (χ1n) is 7.99. The lowest BCUT2D eigenvalue weighted by molar-refractivity contribution is -0.228. The fourth-order valence-electron chi connectivity index (χ4n) is 4.77. The van der Waals surface area contributed by atoms with Gasteiger partial charge in [-0.3, -0.25) is 14.6 Å². The summed E-state index contributed by atoms with van der Waals surface area (Å²) < 4.78 is 0. The van der Waals surface area contributed by atoms with E-state index >= 15 is 0 Å². The number of aliphatic hydroxyl groups excluding tert-OH is 5. The minimum Gasteiger partial charge on any atom is -0.394 e. The number of hydrogen-bond acceptors (Lipinski definition) is 8. The van der Waals surface area contributed by atoms with Gasteiger partial charge in [-0.15, -0.1) is 0 Å². The SMILES string of the molecule is CC12CN3CC(C)(CN(C1)C3[C@@H](O)[C@@H](O)[C@@H](O)[C@@H](O)CO)C2=O. The molecule has 4 bridgehead atoms. The Balaban J connectivity index is 1.80. The summed E-state index contributed by atoms with van der Waals surface area (Å²) in [7, 11) is 0. The summed E-state index contributed by atoms with van der Waals surface area (Å²) in [4.78, 5) is 16.5. The average Bonchev–Trinajstić information content (AvgIpc) is 2.48. The predicted molar refractivity (Wildman–Crippen MR) is 79.3 cm³/mol. The van der Waals surface area contributed by atoms with E-state index in [0.717, 1.165) is 0 Å². The van der Waals surface area contributed by atoms with Gasteiger partial charge in [0.15, 0.2) is 0 Å². The van der Waals surface area contributed by atoms with Crippen LogP contribution in [-0.4, -0.2) is 104 Å². The van der Waals surface area contributed by atoms with Gasteiger partial charge in [-0.25, -0.2) is 0 Å². The molecular formula is C15H26N2O6. The molecule has 0 aliphatic carbocycles. The molecule has 0 unspecified atom stereocenters. The summed E-state index contributed by atoms with van der Waals surface area (Å²) >= 11 is 0. The number of aliphatic hydroxyl groups is 5. The lowest BCUT2D eigenvalue weighted by Gasteiger charge is -2.65. The molecule has 4 heterocycles. The molecule has 0 amide bonds. The van der Waals surface area contributed by atoms with E-state index in [-0.39, 0.29) is 5.78 Å². The Morgan fingerprint density at radius 3 is 1.83 bits per heavy atom. The molecule has 4 aliphatic rings. The topological polar surface area (TPSA) is 125 Å². The van der Waals surface area contributed by atoms with E-state index in [2.05, 4.69) is 0 Å². The Labute approximate surface area is 134 Å². The minimum absolute atomic E-state index is 0.252. The lowest BCUT2D eigenvalue weighted by atomic mass is 9.61. The maximum atomic E-state index is 12.6. The van der Waals surface area contributed by atoms with Crippen LogP contribution in [0, 0.1) is 10.8 Å². The molecule has 132 valence electrons. The second-order valence-electron chi connectivity index (χ2n) is 7.90. The molecule has 0 spiro atoms. The molecular weight excluding hydrogens is 304 g/mol. The lowest BCUT2D eigenvalue weighted by Crippen LogP contribution is -2.80. The van der Waals surface area contributed by atoms with Gasteiger partial charge < -0.3 is 25.5 Å². The number of carbonyl (C=O) groups excluding carboxylic acids is 1.